The second-order valence-corrected chi connectivity index (χ2v) is 6.40. The first-order valence-electron chi connectivity index (χ1n) is 8.36. The van der Waals surface area contributed by atoms with Crippen molar-refractivity contribution in [1.29, 1.82) is 0 Å². The molecule has 0 spiro atoms. The first kappa shape index (κ1) is 17.2. The molecule has 0 saturated heterocycles. The second-order valence-electron chi connectivity index (χ2n) is 6.40. The maximum Gasteiger partial charge on any atom is 0.586 e. The molecule has 1 aromatic carbocycles. The Hall–Kier alpha value is -3.96. The minimum Gasteiger partial charge on any atom is -0.395 e. The minimum absolute atomic E-state index is 0.0394. The monoisotopic (exact) mass is 402 g/mol. The molecule has 1 amide bonds. The Morgan fingerprint density at radius 3 is 2.72 bits per heavy atom. The molecule has 4 aromatic rings. The van der Waals surface area contributed by atoms with Crippen LogP contribution in [0.25, 0.3) is 22.4 Å². The maximum absolute atomic E-state index is 13.1. The van der Waals surface area contributed by atoms with Gasteiger partial charge in [-0.1, -0.05) is 5.16 Å². The Morgan fingerprint density at radius 2 is 2.00 bits per heavy atom. The summed E-state index contributed by atoms with van der Waals surface area (Å²) in [6.07, 6.45) is -1.96. The van der Waals surface area contributed by atoms with E-state index >= 15 is 0 Å². The standard InChI is InChI=1S/C17H12F2N6O4/c1-7-8(6-25(2)23-7)12-5-11(24-29-12)15(26)22-16-20-9-3-13-14(4-10(9)21-16)28-17(18,19)27-13/h3-6H,1-2H3,(H2,20,21,22,26). The zero-order valence-corrected chi connectivity index (χ0v) is 15.0. The van der Waals surface area contributed by atoms with Crippen LogP contribution in [0.4, 0.5) is 14.7 Å². The van der Waals surface area contributed by atoms with Crippen LogP contribution < -0.4 is 14.8 Å². The fraction of sp³-hybridized carbons (Fsp3) is 0.176. The fourth-order valence-electron chi connectivity index (χ4n) is 3.04. The van der Waals surface area contributed by atoms with Crippen LogP contribution >= 0.6 is 0 Å². The smallest absolute Gasteiger partial charge is 0.395 e. The molecule has 2 N–H and O–H groups in total. The molecule has 0 fully saturated rings. The third-order valence-electron chi connectivity index (χ3n) is 4.26. The number of benzene rings is 1. The van der Waals surface area contributed by atoms with E-state index in [1.54, 1.807) is 17.9 Å². The number of hydrogen-bond acceptors (Lipinski definition) is 7. The number of carbonyl (C=O) groups excluding carboxylic acids is 1. The summed E-state index contributed by atoms with van der Waals surface area (Å²) in [6, 6.07) is 4.09. The SMILES string of the molecule is Cc1nn(C)cc1-c1cc(C(=O)Nc2nc3cc4c(cc3[nH]2)OC(F)(F)O4)no1. The van der Waals surface area contributed by atoms with E-state index in [1.807, 2.05) is 6.92 Å². The van der Waals surface area contributed by atoms with E-state index < -0.39 is 12.2 Å². The van der Waals surface area contributed by atoms with Crippen LogP contribution in [0, 0.1) is 6.92 Å². The van der Waals surface area contributed by atoms with Crippen molar-refractivity contribution in [2.45, 2.75) is 13.2 Å². The number of alkyl halides is 2. The second kappa shape index (κ2) is 5.77. The molecule has 0 radical (unpaired) electrons. The molecular formula is C17H12F2N6O4. The number of amides is 1. The van der Waals surface area contributed by atoms with E-state index in [-0.39, 0.29) is 23.1 Å². The predicted molar refractivity (Wildman–Crippen MR) is 93.7 cm³/mol. The number of nitrogens with one attached hydrogen (secondary N) is 2. The maximum atomic E-state index is 13.1. The highest BCUT2D eigenvalue weighted by molar-refractivity contribution is 6.03. The van der Waals surface area contributed by atoms with E-state index in [9.17, 15) is 13.6 Å². The molecule has 5 rings (SSSR count). The van der Waals surface area contributed by atoms with Gasteiger partial charge in [0.15, 0.2) is 23.0 Å². The van der Waals surface area contributed by atoms with Crippen molar-refractivity contribution >= 4 is 22.9 Å². The van der Waals surface area contributed by atoms with Gasteiger partial charge in [0, 0.05) is 31.4 Å². The van der Waals surface area contributed by atoms with Crippen molar-refractivity contribution in [2.75, 3.05) is 5.32 Å². The molecule has 29 heavy (non-hydrogen) atoms. The molecule has 3 aromatic heterocycles. The van der Waals surface area contributed by atoms with Gasteiger partial charge in [-0.2, -0.15) is 5.10 Å². The van der Waals surface area contributed by atoms with Gasteiger partial charge in [-0.25, -0.2) is 4.98 Å². The molecule has 1 aliphatic rings. The highest BCUT2D eigenvalue weighted by Crippen LogP contribution is 2.42. The molecule has 4 heterocycles. The van der Waals surface area contributed by atoms with E-state index in [0.29, 0.717) is 22.4 Å². The lowest BCUT2D eigenvalue weighted by Crippen LogP contribution is -2.25. The van der Waals surface area contributed by atoms with Crippen molar-refractivity contribution < 1.29 is 27.6 Å². The number of hydrogen-bond donors (Lipinski definition) is 2. The van der Waals surface area contributed by atoms with Crippen molar-refractivity contribution in [1.82, 2.24) is 24.9 Å². The van der Waals surface area contributed by atoms with Gasteiger partial charge in [-0.15, -0.1) is 8.78 Å². The lowest BCUT2D eigenvalue weighted by Gasteiger charge is -2.04. The number of nitrogens with zero attached hydrogens (tertiary/aromatic N) is 4. The molecular weight excluding hydrogens is 390 g/mol. The van der Waals surface area contributed by atoms with Gasteiger partial charge in [0.1, 0.15) is 0 Å². The number of aromatic nitrogens is 5. The number of H-pyrrole nitrogens is 1. The summed E-state index contributed by atoms with van der Waals surface area (Å²) < 4.78 is 41.9. The van der Waals surface area contributed by atoms with Crippen LogP contribution in [0.2, 0.25) is 0 Å². The summed E-state index contributed by atoms with van der Waals surface area (Å²) in [6.45, 7) is 1.81. The van der Waals surface area contributed by atoms with Crippen LogP contribution in [0.1, 0.15) is 16.2 Å². The summed E-state index contributed by atoms with van der Waals surface area (Å²) in [5.74, 6) is -0.330. The van der Waals surface area contributed by atoms with Crippen molar-refractivity contribution in [2.24, 2.45) is 7.05 Å². The summed E-state index contributed by atoms with van der Waals surface area (Å²) in [5.41, 5.74) is 2.18. The molecule has 0 unspecified atom stereocenters. The van der Waals surface area contributed by atoms with Crippen LogP contribution in [-0.4, -0.2) is 37.1 Å². The number of fused-ring (bicyclic) bond motifs is 2. The number of aromatic amines is 1. The molecule has 10 nitrogen and oxygen atoms in total. The summed E-state index contributed by atoms with van der Waals surface area (Å²) in [7, 11) is 1.77. The van der Waals surface area contributed by atoms with Gasteiger partial charge in [-0.3, -0.25) is 14.8 Å². The summed E-state index contributed by atoms with van der Waals surface area (Å²) in [5, 5.41) is 10.5. The third-order valence-corrected chi connectivity index (χ3v) is 4.26. The van der Waals surface area contributed by atoms with E-state index in [4.69, 9.17) is 4.52 Å². The first-order valence-corrected chi connectivity index (χ1v) is 8.36. The highest BCUT2D eigenvalue weighted by atomic mass is 19.3. The fourth-order valence-corrected chi connectivity index (χ4v) is 3.04. The van der Waals surface area contributed by atoms with Gasteiger partial charge < -0.3 is 19.0 Å². The molecule has 0 aliphatic carbocycles. The van der Waals surface area contributed by atoms with Crippen molar-refractivity contribution in [3.05, 3.63) is 35.8 Å². The largest absolute Gasteiger partial charge is 0.586 e. The van der Waals surface area contributed by atoms with Crippen molar-refractivity contribution in [3.63, 3.8) is 0 Å². The predicted octanol–water partition coefficient (Wildman–Crippen LogP) is 2.83. The molecule has 0 atom stereocenters. The summed E-state index contributed by atoms with van der Waals surface area (Å²) >= 11 is 0. The summed E-state index contributed by atoms with van der Waals surface area (Å²) in [4.78, 5) is 19.4. The Balaban J connectivity index is 1.37. The first-order chi connectivity index (χ1) is 13.8. The molecule has 12 heteroatoms. The quantitative estimate of drug-likeness (QED) is 0.541. The van der Waals surface area contributed by atoms with E-state index in [1.165, 1.54) is 18.2 Å². The average Bonchev–Trinajstić information content (AvgIpc) is 3.36. The number of anilines is 1. The van der Waals surface area contributed by atoms with Gasteiger partial charge >= 0.3 is 6.29 Å². The van der Waals surface area contributed by atoms with Crippen LogP contribution in [0.15, 0.2) is 28.9 Å². The Kier molecular flexibility index (Phi) is 3.41. The Morgan fingerprint density at radius 1 is 1.24 bits per heavy atom. The zero-order chi connectivity index (χ0) is 20.3. The Labute approximate surface area is 160 Å². The number of ether oxygens (including phenoxy) is 2. The molecule has 0 bridgehead atoms. The van der Waals surface area contributed by atoms with Crippen LogP contribution in [0.3, 0.4) is 0 Å². The third kappa shape index (κ3) is 2.94. The lowest BCUT2D eigenvalue weighted by molar-refractivity contribution is -0.286. The number of halogens is 2. The normalized spacial score (nSPS) is 14.5. The average molecular weight is 402 g/mol. The van der Waals surface area contributed by atoms with Gasteiger partial charge in [0.2, 0.25) is 5.95 Å². The van der Waals surface area contributed by atoms with Gasteiger partial charge in [0.05, 0.1) is 22.3 Å². The number of carbonyl (C=O) groups is 1. The molecule has 148 valence electrons. The topological polar surface area (TPSA) is 120 Å². The van der Waals surface area contributed by atoms with Crippen LogP contribution in [-0.2, 0) is 7.05 Å². The number of imidazole rings is 1. The van der Waals surface area contributed by atoms with Crippen molar-refractivity contribution in [3.8, 4) is 22.8 Å². The van der Waals surface area contributed by atoms with E-state index in [0.717, 1.165) is 5.69 Å². The lowest BCUT2D eigenvalue weighted by atomic mass is 10.2. The minimum atomic E-state index is -3.71. The number of aryl methyl sites for hydroxylation is 2. The molecule has 0 saturated carbocycles. The van der Waals surface area contributed by atoms with E-state index in [2.05, 4.69) is 35.0 Å². The Bertz CT molecular complexity index is 1230. The highest BCUT2D eigenvalue weighted by Gasteiger charge is 2.43. The molecule has 1 aliphatic heterocycles. The van der Waals surface area contributed by atoms with Crippen LogP contribution in [0.5, 0.6) is 11.5 Å². The number of rotatable bonds is 3. The van der Waals surface area contributed by atoms with Gasteiger partial charge in [0.25, 0.3) is 5.91 Å². The zero-order valence-electron chi connectivity index (χ0n) is 15.0. The van der Waals surface area contributed by atoms with Gasteiger partial charge in [-0.05, 0) is 6.92 Å².